The highest BCUT2D eigenvalue weighted by Gasteiger charge is 1.99. The Morgan fingerprint density at radius 3 is 3.00 bits per heavy atom. The van der Waals surface area contributed by atoms with Crippen LogP contribution in [0.25, 0.3) is 0 Å². The minimum Gasteiger partial charge on any atom is -0.391 e. The van der Waals surface area contributed by atoms with Crippen molar-refractivity contribution in [3.05, 3.63) is 30.1 Å². The highest BCUT2D eigenvalue weighted by Crippen LogP contribution is 1.94. The maximum absolute atomic E-state index is 8.87. The number of hydrogen-bond acceptors (Lipinski definition) is 1. The predicted octanol–water partition coefficient (Wildman–Crippen LogP) is 1.27. The maximum atomic E-state index is 8.87. The molecular formula is C10H16NO+. The monoisotopic (exact) mass is 166 g/mol. The molecule has 1 heterocycles. The standard InChI is InChI=1S/C10H16NO/c1-2-3-6-11-7-4-5-10(8-11)9-12/h4-5,7-8,12H,2-3,6,9H2,1H3/q+1. The zero-order valence-corrected chi connectivity index (χ0v) is 7.53. The lowest BCUT2D eigenvalue weighted by atomic mass is 10.3. The molecule has 1 aromatic heterocycles. The Labute approximate surface area is 73.5 Å². The van der Waals surface area contributed by atoms with E-state index in [0.717, 1.165) is 12.1 Å². The van der Waals surface area contributed by atoms with Gasteiger partial charge in [0.1, 0.15) is 6.54 Å². The molecule has 66 valence electrons. The Bertz CT molecular complexity index is 235. The fourth-order valence-corrected chi connectivity index (χ4v) is 1.15. The van der Waals surface area contributed by atoms with Crippen molar-refractivity contribution in [3.8, 4) is 0 Å². The fourth-order valence-electron chi connectivity index (χ4n) is 1.15. The number of pyridine rings is 1. The minimum absolute atomic E-state index is 0.132. The van der Waals surface area contributed by atoms with E-state index in [0.29, 0.717) is 0 Å². The molecule has 2 nitrogen and oxygen atoms in total. The summed E-state index contributed by atoms with van der Waals surface area (Å²) in [4.78, 5) is 0. The van der Waals surface area contributed by atoms with Gasteiger partial charge in [0.25, 0.3) is 0 Å². The van der Waals surface area contributed by atoms with Gasteiger partial charge >= 0.3 is 0 Å². The number of aryl methyl sites for hydroxylation is 1. The Balaban J connectivity index is 2.60. The quantitative estimate of drug-likeness (QED) is 0.669. The number of aromatic nitrogens is 1. The van der Waals surface area contributed by atoms with Crippen molar-refractivity contribution in [1.29, 1.82) is 0 Å². The highest BCUT2D eigenvalue weighted by molar-refractivity contribution is 5.02. The van der Waals surface area contributed by atoms with Gasteiger partial charge in [-0.2, -0.15) is 0 Å². The van der Waals surface area contributed by atoms with Crippen LogP contribution in [-0.2, 0) is 13.2 Å². The zero-order valence-electron chi connectivity index (χ0n) is 7.53. The van der Waals surface area contributed by atoms with E-state index < -0.39 is 0 Å². The van der Waals surface area contributed by atoms with Crippen LogP contribution in [0.1, 0.15) is 25.3 Å². The summed E-state index contributed by atoms with van der Waals surface area (Å²) in [7, 11) is 0. The van der Waals surface area contributed by atoms with Crippen LogP contribution in [0.5, 0.6) is 0 Å². The summed E-state index contributed by atoms with van der Waals surface area (Å²) in [5, 5.41) is 8.87. The molecule has 0 amide bonds. The molecule has 0 aliphatic rings. The van der Waals surface area contributed by atoms with Crippen LogP contribution in [-0.4, -0.2) is 5.11 Å². The molecule has 0 aromatic carbocycles. The van der Waals surface area contributed by atoms with Gasteiger partial charge in [0.2, 0.25) is 0 Å². The lowest BCUT2D eigenvalue weighted by molar-refractivity contribution is -0.697. The Morgan fingerprint density at radius 1 is 1.50 bits per heavy atom. The lowest BCUT2D eigenvalue weighted by Crippen LogP contribution is -2.33. The van der Waals surface area contributed by atoms with Gasteiger partial charge in [0, 0.05) is 18.1 Å². The summed E-state index contributed by atoms with van der Waals surface area (Å²) in [6.45, 7) is 3.35. The normalized spacial score (nSPS) is 10.2. The van der Waals surface area contributed by atoms with Crippen molar-refractivity contribution in [2.75, 3.05) is 0 Å². The van der Waals surface area contributed by atoms with E-state index in [2.05, 4.69) is 11.5 Å². The van der Waals surface area contributed by atoms with Crippen molar-refractivity contribution < 1.29 is 9.67 Å². The molecule has 1 N–H and O–H groups in total. The van der Waals surface area contributed by atoms with Crippen molar-refractivity contribution >= 4 is 0 Å². The molecule has 1 rings (SSSR count). The lowest BCUT2D eigenvalue weighted by Gasteiger charge is -1.96. The summed E-state index contributed by atoms with van der Waals surface area (Å²) in [6.07, 6.45) is 6.43. The Morgan fingerprint density at radius 2 is 2.33 bits per heavy atom. The average molecular weight is 166 g/mol. The molecular weight excluding hydrogens is 150 g/mol. The van der Waals surface area contributed by atoms with Gasteiger partial charge in [-0.25, -0.2) is 4.57 Å². The van der Waals surface area contributed by atoms with Crippen LogP contribution < -0.4 is 4.57 Å². The average Bonchev–Trinajstić information content (AvgIpc) is 2.15. The highest BCUT2D eigenvalue weighted by atomic mass is 16.3. The second-order valence-corrected chi connectivity index (χ2v) is 2.96. The van der Waals surface area contributed by atoms with Crippen molar-refractivity contribution in [3.63, 3.8) is 0 Å². The van der Waals surface area contributed by atoms with Gasteiger partial charge in [0.15, 0.2) is 12.4 Å². The minimum atomic E-state index is 0.132. The molecule has 1 aromatic rings. The first-order chi connectivity index (χ1) is 5.86. The summed E-state index contributed by atoms with van der Waals surface area (Å²) >= 11 is 0. The molecule has 0 fully saturated rings. The van der Waals surface area contributed by atoms with Crippen LogP contribution in [0.2, 0.25) is 0 Å². The van der Waals surface area contributed by atoms with Crippen molar-refractivity contribution in [2.45, 2.75) is 32.9 Å². The molecule has 0 aliphatic carbocycles. The second-order valence-electron chi connectivity index (χ2n) is 2.96. The van der Waals surface area contributed by atoms with E-state index >= 15 is 0 Å². The molecule has 0 radical (unpaired) electrons. The van der Waals surface area contributed by atoms with Gasteiger partial charge in [-0.15, -0.1) is 0 Å². The largest absolute Gasteiger partial charge is 0.391 e. The number of aliphatic hydroxyl groups is 1. The predicted molar refractivity (Wildman–Crippen MR) is 47.5 cm³/mol. The van der Waals surface area contributed by atoms with Crippen LogP contribution in [0.4, 0.5) is 0 Å². The maximum Gasteiger partial charge on any atom is 0.174 e. The van der Waals surface area contributed by atoms with Gasteiger partial charge < -0.3 is 5.11 Å². The van der Waals surface area contributed by atoms with Crippen LogP contribution >= 0.6 is 0 Å². The topological polar surface area (TPSA) is 24.1 Å². The fraction of sp³-hybridized carbons (Fsp3) is 0.500. The van der Waals surface area contributed by atoms with E-state index in [4.69, 9.17) is 5.11 Å². The van der Waals surface area contributed by atoms with Gasteiger partial charge in [-0.1, -0.05) is 13.3 Å². The van der Waals surface area contributed by atoms with E-state index in [-0.39, 0.29) is 6.61 Å². The van der Waals surface area contributed by atoms with Gasteiger partial charge in [-0.05, 0) is 6.07 Å². The molecule has 0 aliphatic heterocycles. The number of hydrogen-bond donors (Lipinski definition) is 1. The first kappa shape index (κ1) is 9.20. The van der Waals surface area contributed by atoms with E-state index in [1.165, 1.54) is 12.8 Å². The summed E-state index contributed by atoms with van der Waals surface area (Å²) in [5.41, 5.74) is 0.980. The van der Waals surface area contributed by atoms with E-state index in [1.54, 1.807) is 0 Å². The smallest absolute Gasteiger partial charge is 0.174 e. The molecule has 0 unspecified atom stereocenters. The first-order valence-corrected chi connectivity index (χ1v) is 4.45. The molecule has 12 heavy (non-hydrogen) atoms. The second kappa shape index (κ2) is 4.88. The van der Waals surface area contributed by atoms with Crippen LogP contribution in [0, 0.1) is 0 Å². The number of nitrogens with zero attached hydrogens (tertiary/aromatic N) is 1. The molecule has 2 heteroatoms. The number of unbranched alkanes of at least 4 members (excludes halogenated alkanes) is 1. The summed E-state index contributed by atoms with van der Waals surface area (Å²) in [5.74, 6) is 0. The zero-order chi connectivity index (χ0) is 8.81. The molecule has 0 bridgehead atoms. The molecule has 0 atom stereocenters. The Kier molecular flexibility index (Phi) is 3.74. The summed E-state index contributed by atoms with van der Waals surface area (Å²) < 4.78 is 2.12. The van der Waals surface area contributed by atoms with Crippen LogP contribution in [0.15, 0.2) is 24.5 Å². The third-order valence-electron chi connectivity index (χ3n) is 1.87. The third-order valence-corrected chi connectivity index (χ3v) is 1.87. The van der Waals surface area contributed by atoms with Gasteiger partial charge in [-0.3, -0.25) is 0 Å². The SMILES string of the molecule is CCCC[n+]1cccc(CO)c1. The summed E-state index contributed by atoms with van der Waals surface area (Å²) in [6, 6.07) is 3.91. The van der Waals surface area contributed by atoms with Gasteiger partial charge in [0.05, 0.1) is 6.61 Å². The number of aliphatic hydroxyl groups excluding tert-OH is 1. The Hall–Kier alpha value is -0.890. The van der Waals surface area contributed by atoms with Crippen molar-refractivity contribution in [1.82, 2.24) is 0 Å². The molecule has 0 saturated heterocycles. The third kappa shape index (κ3) is 2.62. The van der Waals surface area contributed by atoms with Crippen LogP contribution in [0.3, 0.4) is 0 Å². The first-order valence-electron chi connectivity index (χ1n) is 4.45. The van der Waals surface area contributed by atoms with E-state index in [9.17, 15) is 0 Å². The molecule has 0 saturated carbocycles. The number of rotatable bonds is 4. The molecule has 0 spiro atoms. The van der Waals surface area contributed by atoms with E-state index in [1.807, 2.05) is 24.5 Å². The van der Waals surface area contributed by atoms with Crippen molar-refractivity contribution in [2.24, 2.45) is 0 Å².